The highest BCUT2D eigenvalue weighted by molar-refractivity contribution is 5.80. The van der Waals surface area contributed by atoms with Gasteiger partial charge in [-0.25, -0.2) is 0 Å². The molecule has 0 aromatic heterocycles. The largest absolute Gasteiger partial charge is 0.310 e. The second kappa shape index (κ2) is 15.2. The van der Waals surface area contributed by atoms with Crippen LogP contribution in [0, 0.1) is 30.6 Å². The predicted molar refractivity (Wildman–Crippen MR) is 225 cm³/mol. The summed E-state index contributed by atoms with van der Waals surface area (Å²) in [4.78, 5) is 2.40. The first-order valence-corrected chi connectivity index (χ1v) is 19.3. The molecular formula is C50H63N. The minimum Gasteiger partial charge on any atom is -0.310 e. The molecule has 3 aromatic carbocycles. The van der Waals surface area contributed by atoms with Gasteiger partial charge in [-0.2, -0.15) is 0 Å². The van der Waals surface area contributed by atoms with E-state index in [4.69, 9.17) is 6.58 Å². The molecule has 0 aliphatic heterocycles. The highest BCUT2D eigenvalue weighted by Crippen LogP contribution is 2.60. The molecular weight excluding hydrogens is 615 g/mol. The Morgan fingerprint density at radius 2 is 1.39 bits per heavy atom. The lowest BCUT2D eigenvalue weighted by Crippen LogP contribution is -2.33. The van der Waals surface area contributed by atoms with Crippen LogP contribution in [0.2, 0.25) is 0 Å². The Morgan fingerprint density at radius 1 is 0.824 bits per heavy atom. The summed E-state index contributed by atoms with van der Waals surface area (Å²) in [6.07, 6.45) is 16.5. The van der Waals surface area contributed by atoms with Gasteiger partial charge < -0.3 is 4.90 Å². The van der Waals surface area contributed by atoms with Gasteiger partial charge in [0.1, 0.15) is 0 Å². The fraction of sp³-hybridized carbons (Fsp3) is 0.400. The number of unbranched alkanes of at least 4 members (excludes halogenated alkanes) is 3. The van der Waals surface area contributed by atoms with E-state index in [-0.39, 0.29) is 16.2 Å². The van der Waals surface area contributed by atoms with E-state index in [1.165, 1.54) is 64.7 Å². The zero-order valence-corrected chi connectivity index (χ0v) is 33.4. The molecule has 0 saturated carbocycles. The molecule has 268 valence electrons. The Hall–Kier alpha value is -4.10. The van der Waals surface area contributed by atoms with E-state index in [0.717, 1.165) is 35.5 Å². The van der Waals surface area contributed by atoms with Crippen molar-refractivity contribution >= 4 is 17.5 Å². The zero-order valence-electron chi connectivity index (χ0n) is 33.4. The van der Waals surface area contributed by atoms with Crippen LogP contribution < -0.4 is 4.90 Å². The molecule has 5 rings (SSSR count). The number of hydrogen-bond donors (Lipinski definition) is 0. The van der Waals surface area contributed by atoms with E-state index in [9.17, 15) is 0 Å². The maximum absolute atomic E-state index is 5.07. The first-order chi connectivity index (χ1) is 24.1. The molecule has 0 bridgehead atoms. The lowest BCUT2D eigenvalue weighted by molar-refractivity contribution is 0.280. The first kappa shape index (κ1) is 38.1. The van der Waals surface area contributed by atoms with Crippen molar-refractivity contribution in [3.63, 3.8) is 0 Å². The monoisotopic (exact) mass is 677 g/mol. The molecule has 1 nitrogen and oxygen atoms in total. The summed E-state index contributed by atoms with van der Waals surface area (Å²) in [5, 5.41) is 0. The van der Waals surface area contributed by atoms with Crippen molar-refractivity contribution in [2.24, 2.45) is 16.7 Å². The minimum atomic E-state index is -0.284. The van der Waals surface area contributed by atoms with Crippen molar-refractivity contribution in [3.05, 3.63) is 160 Å². The molecule has 2 aliphatic carbocycles. The first-order valence-electron chi connectivity index (χ1n) is 19.3. The van der Waals surface area contributed by atoms with Crippen molar-refractivity contribution < 1.29 is 0 Å². The van der Waals surface area contributed by atoms with Gasteiger partial charge in [0.2, 0.25) is 0 Å². The molecule has 0 heterocycles. The lowest BCUT2D eigenvalue weighted by Gasteiger charge is -2.41. The van der Waals surface area contributed by atoms with Gasteiger partial charge in [-0.3, -0.25) is 0 Å². The van der Waals surface area contributed by atoms with Crippen LogP contribution in [0.25, 0.3) is 6.08 Å². The van der Waals surface area contributed by atoms with E-state index in [1.54, 1.807) is 5.57 Å². The van der Waals surface area contributed by atoms with E-state index < -0.39 is 0 Å². The van der Waals surface area contributed by atoms with Crippen LogP contribution in [-0.4, -0.2) is 0 Å². The van der Waals surface area contributed by atoms with E-state index >= 15 is 0 Å². The third kappa shape index (κ3) is 7.89. The van der Waals surface area contributed by atoms with Gasteiger partial charge in [0.25, 0.3) is 0 Å². The topological polar surface area (TPSA) is 3.24 Å². The molecule has 0 spiro atoms. The average molecular weight is 678 g/mol. The molecule has 0 saturated heterocycles. The molecule has 2 unspecified atom stereocenters. The van der Waals surface area contributed by atoms with Gasteiger partial charge in [-0.05, 0) is 102 Å². The molecule has 51 heavy (non-hydrogen) atoms. The normalized spacial score (nSPS) is 19.4. The maximum Gasteiger partial charge on any atom is 0.0471 e. The molecule has 0 fully saturated rings. The predicted octanol–water partition coefficient (Wildman–Crippen LogP) is 14.7. The summed E-state index contributed by atoms with van der Waals surface area (Å²) >= 11 is 0. The highest BCUT2D eigenvalue weighted by Gasteiger charge is 2.49. The number of hydrogen-bond acceptors (Lipinski definition) is 1. The number of nitrogens with zero attached hydrogens (tertiary/aromatic N) is 1. The Balaban J connectivity index is 1.89. The van der Waals surface area contributed by atoms with Crippen LogP contribution in [0.15, 0.2) is 138 Å². The summed E-state index contributed by atoms with van der Waals surface area (Å²) < 4.78 is 0. The lowest BCUT2D eigenvalue weighted by atomic mass is 9.62. The number of benzene rings is 3. The van der Waals surface area contributed by atoms with Gasteiger partial charge in [0.15, 0.2) is 0 Å². The smallest absolute Gasteiger partial charge is 0.0471 e. The molecule has 2 aliphatic rings. The van der Waals surface area contributed by atoms with Gasteiger partial charge in [0, 0.05) is 28.1 Å². The molecule has 0 amide bonds. The second-order valence-corrected chi connectivity index (χ2v) is 17.3. The Labute approximate surface area is 311 Å². The second-order valence-electron chi connectivity index (χ2n) is 17.3. The third-order valence-electron chi connectivity index (χ3n) is 11.6. The summed E-state index contributed by atoms with van der Waals surface area (Å²) in [6, 6.07) is 27.2. The zero-order chi connectivity index (χ0) is 37.1. The number of rotatable bonds is 12. The van der Waals surface area contributed by atoms with Crippen LogP contribution in [0.1, 0.15) is 116 Å². The summed E-state index contributed by atoms with van der Waals surface area (Å²) in [7, 11) is 0. The van der Waals surface area contributed by atoms with E-state index in [0.29, 0.717) is 5.92 Å². The molecule has 1 heteroatoms. The van der Waals surface area contributed by atoms with Gasteiger partial charge in [-0.1, -0.05) is 177 Å². The fourth-order valence-electron chi connectivity index (χ4n) is 7.84. The fourth-order valence-corrected chi connectivity index (χ4v) is 7.84. The Morgan fingerprint density at radius 3 is 1.88 bits per heavy atom. The molecule has 3 aromatic rings. The van der Waals surface area contributed by atoms with Crippen LogP contribution in [0.3, 0.4) is 0 Å². The van der Waals surface area contributed by atoms with Crippen molar-refractivity contribution in [1.29, 1.82) is 0 Å². The van der Waals surface area contributed by atoms with Crippen molar-refractivity contribution in [2.45, 2.75) is 113 Å². The summed E-state index contributed by atoms with van der Waals surface area (Å²) in [5.41, 5.74) is 15.2. The van der Waals surface area contributed by atoms with Crippen LogP contribution in [0.5, 0.6) is 0 Å². The number of anilines is 2. The van der Waals surface area contributed by atoms with Crippen LogP contribution >= 0.6 is 0 Å². The van der Waals surface area contributed by atoms with Crippen molar-refractivity contribution in [3.8, 4) is 0 Å². The molecule has 0 N–H and O–H groups in total. The van der Waals surface area contributed by atoms with E-state index in [1.807, 2.05) is 6.08 Å². The Kier molecular flexibility index (Phi) is 11.4. The van der Waals surface area contributed by atoms with Crippen LogP contribution in [-0.2, 0) is 5.41 Å². The quantitative estimate of drug-likeness (QED) is 0.172. The molecule has 0 radical (unpaired) electrons. The maximum atomic E-state index is 5.07. The van der Waals surface area contributed by atoms with Crippen molar-refractivity contribution in [2.75, 3.05) is 4.90 Å². The summed E-state index contributed by atoms with van der Waals surface area (Å²) in [6.45, 7) is 32.4. The Bertz CT molecular complexity index is 1790. The summed E-state index contributed by atoms with van der Waals surface area (Å²) in [5.74, 6) is 0.436. The van der Waals surface area contributed by atoms with Gasteiger partial charge >= 0.3 is 0 Å². The van der Waals surface area contributed by atoms with Gasteiger partial charge in [-0.15, -0.1) is 0 Å². The highest BCUT2D eigenvalue weighted by atomic mass is 15.1. The average Bonchev–Trinajstić information content (AvgIpc) is 3.36. The standard InChI is InChI=1S/C50H63N/c1-13-15-16-17-32-50(40-24-22-39(14-2)23-25-40)45-34-41(49(10,11)12)26-31-44(45)47(46(50)33-37(5)48(7,8)9)38(6)51(42-27-18-35(3)19-28-42)43-29-20-36(4)21-30-43/h14,18-31,33,41H,2,6,13,15-17,32,34H2,1,3-5,7-12H3/b37-33+. The number of aryl methyl sites for hydroxylation is 2. The van der Waals surface area contributed by atoms with Gasteiger partial charge in [0.05, 0.1) is 0 Å². The number of allylic oxidation sites excluding steroid dienone is 7. The third-order valence-corrected chi connectivity index (χ3v) is 11.6. The molecule has 2 atom stereocenters. The van der Waals surface area contributed by atoms with E-state index in [2.05, 4.69) is 172 Å². The van der Waals surface area contributed by atoms with Crippen LogP contribution in [0.4, 0.5) is 11.4 Å². The minimum absolute atomic E-state index is 0.0145. The SMILES string of the molecule is C=Cc1ccc(C2(CCCCCC)C(/C=C(\C)C(C)(C)C)=C(C(=C)N(c3ccc(C)cc3)c3ccc(C)cc3)C3=C2CC(C(C)(C)C)C=C3)cc1. The van der Waals surface area contributed by atoms with Crippen molar-refractivity contribution in [1.82, 2.24) is 0 Å².